The van der Waals surface area contributed by atoms with Gasteiger partial charge in [0.25, 0.3) is 0 Å². The van der Waals surface area contributed by atoms with E-state index in [0.29, 0.717) is 12.0 Å². The van der Waals surface area contributed by atoms with Crippen LogP contribution in [0.2, 0.25) is 0 Å². The maximum atomic E-state index is 14.6. The molecule has 0 amide bonds. The smallest absolute Gasteiger partial charge is 0.138 e. The molecule has 9 nitrogen and oxygen atoms in total. The van der Waals surface area contributed by atoms with Gasteiger partial charge in [-0.15, -0.1) is 0 Å². The molecule has 1 aromatic carbocycles. The van der Waals surface area contributed by atoms with E-state index in [2.05, 4.69) is 52.4 Å². The summed E-state index contributed by atoms with van der Waals surface area (Å²) in [6, 6.07) is 9.86. The number of benzene rings is 1. The van der Waals surface area contributed by atoms with E-state index in [0.717, 1.165) is 65.2 Å². The van der Waals surface area contributed by atoms with Crippen molar-refractivity contribution < 1.29 is 4.39 Å². The van der Waals surface area contributed by atoms with Crippen molar-refractivity contribution in [2.75, 3.05) is 39.0 Å². The molecule has 4 unspecified atom stereocenters. The molecular weight excluding hydrogens is 469 g/mol. The van der Waals surface area contributed by atoms with Crippen molar-refractivity contribution in [3.8, 4) is 11.1 Å². The number of H-pyrrole nitrogens is 1. The Morgan fingerprint density at radius 1 is 1.11 bits per heavy atom. The Morgan fingerprint density at radius 2 is 1.97 bits per heavy atom. The number of anilines is 1. The number of fused-ring (bicyclic) bond motifs is 2. The standard InChI is InChI=1S/C27H32FN9/c1-37(2)6-5-31-19-8-16(7-18(28)9-19)20-3-4-32-27-21(20)10-24(34-27)26-22-11-23(17-12-29-15-30-13-17)33-14-25(22)35-36-26/h3-4,7-10,12-13,15,22-23,25-26,31,33,35-36H,5-6,11,14H2,1-2H3,(H,32,34). The molecule has 0 aliphatic carbocycles. The maximum Gasteiger partial charge on any atom is 0.138 e. The van der Waals surface area contributed by atoms with Gasteiger partial charge in [-0.25, -0.2) is 24.8 Å². The molecule has 4 atom stereocenters. The van der Waals surface area contributed by atoms with Crippen molar-refractivity contribution in [1.29, 1.82) is 0 Å². The van der Waals surface area contributed by atoms with Crippen LogP contribution in [0.15, 0.2) is 55.2 Å². The Labute approximate surface area is 215 Å². The fraction of sp³-hybridized carbons (Fsp3) is 0.370. The lowest BCUT2D eigenvalue weighted by Crippen LogP contribution is -2.46. The summed E-state index contributed by atoms with van der Waals surface area (Å²) in [6.07, 6.45) is 8.06. The first-order chi connectivity index (χ1) is 18.0. The molecule has 0 radical (unpaired) electrons. The van der Waals surface area contributed by atoms with E-state index in [1.165, 1.54) is 0 Å². The highest BCUT2D eigenvalue weighted by Gasteiger charge is 2.42. The van der Waals surface area contributed by atoms with Crippen molar-refractivity contribution >= 4 is 16.7 Å². The van der Waals surface area contributed by atoms with Gasteiger partial charge < -0.3 is 20.5 Å². The Hall–Kier alpha value is -3.44. The van der Waals surface area contributed by atoms with Gasteiger partial charge in [-0.3, -0.25) is 5.43 Å². The number of nitrogens with one attached hydrogen (secondary N) is 5. The molecule has 0 spiro atoms. The van der Waals surface area contributed by atoms with E-state index in [4.69, 9.17) is 0 Å². The molecule has 5 N–H and O–H groups in total. The van der Waals surface area contributed by atoms with E-state index in [1.54, 1.807) is 24.7 Å². The van der Waals surface area contributed by atoms with Crippen LogP contribution in [0.1, 0.15) is 29.8 Å². The fourth-order valence-corrected chi connectivity index (χ4v) is 5.56. The number of hydrogen-bond acceptors (Lipinski definition) is 8. The summed E-state index contributed by atoms with van der Waals surface area (Å²) in [7, 11) is 4.04. The maximum absolute atomic E-state index is 14.6. The lowest BCUT2D eigenvalue weighted by Gasteiger charge is -2.34. The van der Waals surface area contributed by atoms with Crippen LogP contribution in [0.5, 0.6) is 0 Å². The average Bonchev–Trinajstić information content (AvgIpc) is 3.52. The van der Waals surface area contributed by atoms with Crippen LogP contribution in [-0.4, -0.2) is 64.6 Å². The minimum atomic E-state index is -0.263. The first kappa shape index (κ1) is 23.9. The largest absolute Gasteiger partial charge is 0.384 e. The Bertz CT molecular complexity index is 1370. The second-order valence-electron chi connectivity index (χ2n) is 10.2. The number of hydrazine groups is 1. The lowest BCUT2D eigenvalue weighted by molar-refractivity contribution is 0.265. The Kier molecular flexibility index (Phi) is 6.56. The Morgan fingerprint density at radius 3 is 2.81 bits per heavy atom. The molecule has 4 aromatic rings. The van der Waals surface area contributed by atoms with Gasteiger partial charge in [-0.2, -0.15) is 0 Å². The van der Waals surface area contributed by atoms with Gasteiger partial charge in [0, 0.05) is 78.6 Å². The normalized spacial score (nSPS) is 23.5. The van der Waals surface area contributed by atoms with Gasteiger partial charge in [0.1, 0.15) is 17.8 Å². The van der Waals surface area contributed by atoms with Crippen LogP contribution >= 0.6 is 0 Å². The zero-order chi connectivity index (χ0) is 25.4. The monoisotopic (exact) mass is 501 g/mol. The van der Waals surface area contributed by atoms with Gasteiger partial charge in [-0.1, -0.05) is 0 Å². The van der Waals surface area contributed by atoms with Crippen molar-refractivity contribution in [1.82, 2.24) is 41.0 Å². The van der Waals surface area contributed by atoms with E-state index in [1.807, 2.05) is 38.6 Å². The number of aromatic nitrogens is 4. The number of rotatable bonds is 7. The first-order valence-corrected chi connectivity index (χ1v) is 12.7. The quantitative estimate of drug-likeness (QED) is 0.263. The molecule has 0 saturated carbocycles. The zero-order valence-electron chi connectivity index (χ0n) is 21.0. The minimum Gasteiger partial charge on any atom is -0.384 e. The fourth-order valence-electron chi connectivity index (χ4n) is 5.56. The molecule has 2 fully saturated rings. The van der Waals surface area contributed by atoms with Crippen molar-refractivity contribution in [2.45, 2.75) is 24.5 Å². The third-order valence-corrected chi connectivity index (χ3v) is 7.43. The molecule has 37 heavy (non-hydrogen) atoms. The number of piperidine rings is 1. The average molecular weight is 502 g/mol. The molecule has 6 rings (SSSR count). The number of halogens is 1. The molecule has 10 heteroatoms. The SMILES string of the molecule is CN(C)CCNc1cc(F)cc(-c2ccnc3[nH]c(C4NNC5CNC(c6cncnc6)CC54)cc23)c1. The highest BCUT2D eigenvalue weighted by molar-refractivity contribution is 5.94. The third kappa shape index (κ3) is 4.93. The summed E-state index contributed by atoms with van der Waals surface area (Å²) in [6.45, 7) is 2.46. The molecule has 0 bridgehead atoms. The first-order valence-electron chi connectivity index (χ1n) is 12.7. The van der Waals surface area contributed by atoms with Crippen LogP contribution in [-0.2, 0) is 0 Å². The molecule has 2 saturated heterocycles. The van der Waals surface area contributed by atoms with E-state index in [9.17, 15) is 4.39 Å². The van der Waals surface area contributed by atoms with Crippen LogP contribution in [0.25, 0.3) is 22.2 Å². The molecular formula is C27H32FN9. The topological polar surface area (TPSA) is 106 Å². The molecule has 192 valence electrons. The summed E-state index contributed by atoms with van der Waals surface area (Å²) in [4.78, 5) is 18.6. The van der Waals surface area contributed by atoms with Crippen molar-refractivity contribution in [3.05, 3.63) is 72.3 Å². The summed E-state index contributed by atoms with van der Waals surface area (Å²) < 4.78 is 14.6. The third-order valence-electron chi connectivity index (χ3n) is 7.43. The van der Waals surface area contributed by atoms with Crippen molar-refractivity contribution in [3.63, 3.8) is 0 Å². The van der Waals surface area contributed by atoms with Gasteiger partial charge in [0.2, 0.25) is 0 Å². The number of hydrogen-bond donors (Lipinski definition) is 5. The summed E-state index contributed by atoms with van der Waals surface area (Å²) in [5.74, 6) is 0.102. The van der Waals surface area contributed by atoms with E-state index in [-0.39, 0.29) is 17.9 Å². The highest BCUT2D eigenvalue weighted by atomic mass is 19.1. The molecule has 2 aliphatic rings. The summed E-state index contributed by atoms with van der Waals surface area (Å²) in [5, 5.41) is 7.93. The Balaban J connectivity index is 1.28. The van der Waals surface area contributed by atoms with Crippen molar-refractivity contribution in [2.24, 2.45) is 5.92 Å². The predicted octanol–water partition coefficient (Wildman–Crippen LogP) is 3.00. The van der Waals surface area contributed by atoms with Gasteiger partial charge in [0.15, 0.2) is 0 Å². The molecule has 3 aromatic heterocycles. The summed E-state index contributed by atoms with van der Waals surface area (Å²) >= 11 is 0. The van der Waals surface area contributed by atoms with Gasteiger partial charge in [0.05, 0.1) is 6.04 Å². The van der Waals surface area contributed by atoms with Gasteiger partial charge >= 0.3 is 0 Å². The predicted molar refractivity (Wildman–Crippen MR) is 142 cm³/mol. The highest BCUT2D eigenvalue weighted by Crippen LogP contribution is 2.39. The van der Waals surface area contributed by atoms with Gasteiger partial charge in [-0.05, 0) is 62.0 Å². The van der Waals surface area contributed by atoms with E-state index < -0.39 is 0 Å². The number of aromatic amines is 1. The second-order valence-corrected chi connectivity index (χ2v) is 10.2. The number of pyridine rings is 1. The van der Waals surface area contributed by atoms with Crippen LogP contribution in [0, 0.1) is 11.7 Å². The zero-order valence-corrected chi connectivity index (χ0v) is 21.0. The van der Waals surface area contributed by atoms with Crippen LogP contribution < -0.4 is 21.5 Å². The lowest BCUT2D eigenvalue weighted by atomic mass is 9.82. The minimum absolute atomic E-state index is 0.0945. The van der Waals surface area contributed by atoms with E-state index >= 15 is 0 Å². The summed E-state index contributed by atoms with van der Waals surface area (Å²) in [5.41, 5.74) is 12.5. The number of likely N-dealkylation sites (N-methyl/N-ethyl adjacent to an activating group) is 1. The molecule has 5 heterocycles. The number of nitrogens with zero attached hydrogens (tertiary/aromatic N) is 4. The molecule has 2 aliphatic heterocycles. The van der Waals surface area contributed by atoms with Crippen LogP contribution in [0.3, 0.4) is 0 Å². The second kappa shape index (κ2) is 10.1. The van der Waals surface area contributed by atoms with Crippen LogP contribution in [0.4, 0.5) is 10.1 Å².